The monoisotopic (exact) mass is 261 g/mol. The fourth-order valence-corrected chi connectivity index (χ4v) is 1.81. The molecule has 1 fully saturated rings. The van der Waals surface area contributed by atoms with Crippen molar-refractivity contribution in [2.45, 2.75) is 18.6 Å². The van der Waals surface area contributed by atoms with Crippen molar-refractivity contribution >= 4 is 11.8 Å². The fourth-order valence-electron chi connectivity index (χ4n) is 1.81. The van der Waals surface area contributed by atoms with E-state index in [-0.39, 0.29) is 17.8 Å². The maximum atomic E-state index is 12.6. The summed E-state index contributed by atoms with van der Waals surface area (Å²) in [6, 6.07) is 0.159. The summed E-state index contributed by atoms with van der Waals surface area (Å²) in [5.41, 5.74) is -0.861. The zero-order valence-electron chi connectivity index (χ0n) is 9.80. The van der Waals surface area contributed by atoms with Gasteiger partial charge in [0.2, 0.25) is 5.95 Å². The lowest BCUT2D eigenvalue weighted by Crippen LogP contribution is -2.24. The first-order chi connectivity index (χ1) is 8.50. The van der Waals surface area contributed by atoms with E-state index < -0.39 is 11.7 Å². The molecule has 8 heteroatoms. The summed E-state index contributed by atoms with van der Waals surface area (Å²) >= 11 is 0. The predicted octanol–water partition coefficient (Wildman–Crippen LogP) is 1.31. The molecular weight excluding hydrogens is 247 g/mol. The molecule has 1 aliphatic heterocycles. The van der Waals surface area contributed by atoms with E-state index in [4.69, 9.17) is 0 Å². The van der Waals surface area contributed by atoms with Crippen molar-refractivity contribution in [2.24, 2.45) is 0 Å². The Morgan fingerprint density at radius 3 is 2.78 bits per heavy atom. The molecular formula is C10H14F3N5. The second-order valence-corrected chi connectivity index (χ2v) is 4.04. The molecule has 3 N–H and O–H groups in total. The third kappa shape index (κ3) is 2.81. The molecule has 1 atom stereocenters. The van der Waals surface area contributed by atoms with Crippen molar-refractivity contribution in [3.63, 3.8) is 0 Å². The van der Waals surface area contributed by atoms with Crippen LogP contribution in [0, 0.1) is 0 Å². The summed E-state index contributed by atoms with van der Waals surface area (Å²) in [6.45, 7) is 1.65. The Morgan fingerprint density at radius 1 is 1.44 bits per heavy atom. The molecule has 1 aromatic heterocycles. The highest BCUT2D eigenvalue weighted by atomic mass is 19.4. The van der Waals surface area contributed by atoms with Crippen LogP contribution < -0.4 is 16.0 Å². The maximum Gasteiger partial charge on any atom is 0.421 e. The zero-order chi connectivity index (χ0) is 13.2. The highest BCUT2D eigenvalue weighted by Gasteiger charge is 2.35. The topological polar surface area (TPSA) is 61.9 Å². The number of alkyl halides is 3. The average Bonchev–Trinajstić information content (AvgIpc) is 2.80. The molecule has 0 aromatic carbocycles. The zero-order valence-corrected chi connectivity index (χ0v) is 9.80. The van der Waals surface area contributed by atoms with E-state index in [9.17, 15) is 13.2 Å². The van der Waals surface area contributed by atoms with Gasteiger partial charge in [-0.25, -0.2) is 4.98 Å². The Bertz CT molecular complexity index is 414. The molecule has 1 aliphatic rings. The minimum absolute atomic E-state index is 0.159. The molecule has 1 unspecified atom stereocenters. The van der Waals surface area contributed by atoms with Gasteiger partial charge in [-0.2, -0.15) is 18.2 Å². The molecule has 2 rings (SSSR count). The van der Waals surface area contributed by atoms with E-state index in [1.165, 1.54) is 7.05 Å². The average molecular weight is 261 g/mol. The van der Waals surface area contributed by atoms with Crippen LogP contribution in [-0.2, 0) is 6.18 Å². The van der Waals surface area contributed by atoms with Crippen LogP contribution in [0.3, 0.4) is 0 Å². The molecule has 0 aliphatic carbocycles. The van der Waals surface area contributed by atoms with Gasteiger partial charge in [-0.05, 0) is 13.0 Å². The molecule has 0 saturated carbocycles. The molecule has 100 valence electrons. The van der Waals surface area contributed by atoms with Gasteiger partial charge in [-0.1, -0.05) is 0 Å². The largest absolute Gasteiger partial charge is 0.421 e. The number of nitrogens with zero attached hydrogens (tertiary/aromatic N) is 2. The van der Waals surface area contributed by atoms with E-state index in [0.717, 1.165) is 25.7 Å². The summed E-state index contributed by atoms with van der Waals surface area (Å²) in [5.74, 6) is -0.00740. The summed E-state index contributed by atoms with van der Waals surface area (Å²) in [7, 11) is 1.40. The van der Waals surface area contributed by atoms with Gasteiger partial charge in [0.25, 0.3) is 0 Å². The van der Waals surface area contributed by atoms with Crippen molar-refractivity contribution in [1.29, 1.82) is 0 Å². The standard InChI is InChI=1S/C10H14F3N5/c1-14-8-7(10(11,12)13)5-16-9(18-8)17-6-2-3-15-4-6/h5-6,15H,2-4H2,1H3,(H2,14,16,17,18). The smallest absolute Gasteiger partial charge is 0.372 e. The Hall–Kier alpha value is -1.57. The highest BCUT2D eigenvalue weighted by Crippen LogP contribution is 2.33. The second kappa shape index (κ2) is 4.97. The maximum absolute atomic E-state index is 12.6. The Kier molecular flexibility index (Phi) is 3.55. The quantitative estimate of drug-likeness (QED) is 0.766. The van der Waals surface area contributed by atoms with Gasteiger partial charge < -0.3 is 16.0 Å². The first kappa shape index (κ1) is 12.9. The summed E-state index contributed by atoms with van der Waals surface area (Å²) < 4.78 is 37.9. The molecule has 0 radical (unpaired) electrons. The van der Waals surface area contributed by atoms with E-state index in [1.54, 1.807) is 0 Å². The number of hydrogen-bond donors (Lipinski definition) is 3. The summed E-state index contributed by atoms with van der Waals surface area (Å²) in [5, 5.41) is 8.59. The van der Waals surface area contributed by atoms with Crippen molar-refractivity contribution in [3.05, 3.63) is 11.8 Å². The molecule has 1 saturated heterocycles. The molecule has 18 heavy (non-hydrogen) atoms. The lowest BCUT2D eigenvalue weighted by atomic mass is 10.2. The third-order valence-electron chi connectivity index (χ3n) is 2.72. The summed E-state index contributed by atoms with van der Waals surface area (Å²) in [6.07, 6.45) is -2.76. The molecule has 1 aromatic rings. The number of aromatic nitrogens is 2. The second-order valence-electron chi connectivity index (χ2n) is 4.04. The van der Waals surface area contributed by atoms with Crippen LogP contribution in [0.15, 0.2) is 6.20 Å². The first-order valence-corrected chi connectivity index (χ1v) is 5.60. The van der Waals surface area contributed by atoms with Gasteiger partial charge in [0.1, 0.15) is 11.4 Å². The SMILES string of the molecule is CNc1nc(NC2CCNC2)ncc1C(F)(F)F. The van der Waals surface area contributed by atoms with Gasteiger partial charge in [-0.15, -0.1) is 0 Å². The minimum Gasteiger partial charge on any atom is -0.372 e. The van der Waals surface area contributed by atoms with Crippen LogP contribution in [0.25, 0.3) is 0 Å². The lowest BCUT2D eigenvalue weighted by molar-refractivity contribution is -0.137. The normalized spacial score (nSPS) is 19.9. The van der Waals surface area contributed by atoms with Crippen molar-refractivity contribution < 1.29 is 13.2 Å². The van der Waals surface area contributed by atoms with E-state index in [0.29, 0.717) is 0 Å². The van der Waals surface area contributed by atoms with Crippen LogP contribution in [-0.4, -0.2) is 36.1 Å². The minimum atomic E-state index is -4.45. The van der Waals surface area contributed by atoms with E-state index in [2.05, 4.69) is 25.9 Å². The molecule has 0 amide bonds. The van der Waals surface area contributed by atoms with Crippen molar-refractivity contribution in [2.75, 3.05) is 30.8 Å². The van der Waals surface area contributed by atoms with Gasteiger partial charge in [0.05, 0.1) is 0 Å². The number of hydrogen-bond acceptors (Lipinski definition) is 5. The van der Waals surface area contributed by atoms with Crippen LogP contribution in [0.5, 0.6) is 0 Å². The fraction of sp³-hybridized carbons (Fsp3) is 0.600. The van der Waals surface area contributed by atoms with Crippen molar-refractivity contribution in [1.82, 2.24) is 15.3 Å². The van der Waals surface area contributed by atoms with E-state index in [1.807, 2.05) is 0 Å². The molecule has 0 spiro atoms. The first-order valence-electron chi connectivity index (χ1n) is 5.60. The van der Waals surface area contributed by atoms with Crippen molar-refractivity contribution in [3.8, 4) is 0 Å². The predicted molar refractivity (Wildman–Crippen MR) is 61.5 cm³/mol. The number of anilines is 2. The summed E-state index contributed by atoms with van der Waals surface area (Å²) in [4.78, 5) is 7.55. The third-order valence-corrected chi connectivity index (χ3v) is 2.72. The number of nitrogens with one attached hydrogen (secondary N) is 3. The van der Waals surface area contributed by atoms with Gasteiger partial charge in [-0.3, -0.25) is 0 Å². The number of rotatable bonds is 3. The van der Waals surface area contributed by atoms with Crippen LogP contribution in [0.1, 0.15) is 12.0 Å². The number of halogens is 3. The van der Waals surface area contributed by atoms with Crippen LogP contribution in [0.4, 0.5) is 24.9 Å². The highest BCUT2D eigenvalue weighted by molar-refractivity contribution is 5.48. The molecule has 5 nitrogen and oxygen atoms in total. The van der Waals surface area contributed by atoms with Gasteiger partial charge >= 0.3 is 6.18 Å². The van der Waals surface area contributed by atoms with Gasteiger partial charge in [0.15, 0.2) is 0 Å². The van der Waals surface area contributed by atoms with Gasteiger partial charge in [0, 0.05) is 25.8 Å². The Morgan fingerprint density at radius 2 is 2.22 bits per heavy atom. The van der Waals surface area contributed by atoms with Crippen LogP contribution >= 0.6 is 0 Å². The van der Waals surface area contributed by atoms with Crippen LogP contribution in [0.2, 0.25) is 0 Å². The molecule has 2 heterocycles. The van der Waals surface area contributed by atoms with E-state index >= 15 is 0 Å². The lowest BCUT2D eigenvalue weighted by Gasteiger charge is -2.15. The Labute approximate surface area is 102 Å². The molecule has 0 bridgehead atoms. The Balaban J connectivity index is 2.18.